The zero-order valence-corrected chi connectivity index (χ0v) is 20.5. The van der Waals surface area contributed by atoms with Crippen molar-refractivity contribution in [2.24, 2.45) is 5.92 Å². The Hall–Kier alpha value is -2.94. The quantitative estimate of drug-likeness (QED) is 0.570. The molecule has 2 saturated heterocycles. The van der Waals surface area contributed by atoms with Gasteiger partial charge in [-0.2, -0.15) is 0 Å². The van der Waals surface area contributed by atoms with Gasteiger partial charge in [-0.05, 0) is 36.6 Å². The molecule has 7 nitrogen and oxygen atoms in total. The van der Waals surface area contributed by atoms with Crippen molar-refractivity contribution in [3.8, 4) is 5.75 Å². The van der Waals surface area contributed by atoms with Gasteiger partial charge < -0.3 is 24.5 Å². The van der Waals surface area contributed by atoms with Crippen molar-refractivity contribution in [2.75, 3.05) is 46.6 Å². The summed E-state index contributed by atoms with van der Waals surface area (Å²) in [6.07, 6.45) is 1.54. The first kappa shape index (κ1) is 23.5. The number of rotatable bonds is 5. The lowest BCUT2D eigenvalue weighted by Crippen LogP contribution is -2.68. The van der Waals surface area contributed by atoms with E-state index in [1.165, 1.54) is 11.6 Å². The fraction of sp³-hybridized carbons (Fsp3) is 0.464. The standard InChI is InChI=1S/C28H32FN3O4/c1-35-20-6-7-21-23(12-20)30-26-24(14-33)31(13-19-4-2-3-5-22(19)29)15-28(25(21)26)16-32(17-28)27(34)18-8-10-36-11-9-18/h2-7,12,18,24,30,33H,8-11,13-17H2,1H3/t24-/m1/s1. The molecule has 3 aromatic rings. The maximum Gasteiger partial charge on any atom is 0.225 e. The number of nitrogens with zero attached hydrogens (tertiary/aromatic N) is 2. The van der Waals surface area contributed by atoms with Crippen LogP contribution in [0.5, 0.6) is 5.75 Å². The normalized spacial score (nSPS) is 22.0. The van der Waals surface area contributed by atoms with E-state index in [0.29, 0.717) is 45.0 Å². The predicted molar refractivity (Wildman–Crippen MR) is 133 cm³/mol. The fourth-order valence-electron chi connectivity index (χ4n) is 6.43. The van der Waals surface area contributed by atoms with E-state index < -0.39 is 0 Å². The van der Waals surface area contributed by atoms with Crippen molar-refractivity contribution in [1.82, 2.24) is 14.8 Å². The minimum Gasteiger partial charge on any atom is -0.497 e. The number of hydrogen-bond donors (Lipinski definition) is 2. The number of aliphatic hydroxyl groups excluding tert-OH is 1. The number of ether oxygens (including phenoxy) is 2. The molecule has 1 amide bonds. The molecule has 2 N–H and O–H groups in total. The second-order valence-corrected chi connectivity index (χ2v) is 10.4. The van der Waals surface area contributed by atoms with Crippen LogP contribution in [0.4, 0.5) is 4.39 Å². The Morgan fingerprint density at radius 1 is 1.19 bits per heavy atom. The van der Waals surface area contributed by atoms with E-state index in [-0.39, 0.29) is 35.7 Å². The number of carbonyl (C=O) groups excluding carboxylic acids is 1. The van der Waals surface area contributed by atoms with Crippen molar-refractivity contribution in [3.63, 3.8) is 0 Å². The Balaban J connectivity index is 1.38. The lowest BCUT2D eigenvalue weighted by molar-refractivity contribution is -0.148. The van der Waals surface area contributed by atoms with Crippen LogP contribution in [0.15, 0.2) is 42.5 Å². The summed E-state index contributed by atoms with van der Waals surface area (Å²) in [4.78, 5) is 21.0. The van der Waals surface area contributed by atoms with Crippen molar-refractivity contribution < 1.29 is 23.8 Å². The summed E-state index contributed by atoms with van der Waals surface area (Å²) in [6, 6.07) is 12.5. The summed E-state index contributed by atoms with van der Waals surface area (Å²) in [5.41, 5.74) is 3.36. The third-order valence-electron chi connectivity index (χ3n) is 8.22. The first-order chi connectivity index (χ1) is 17.5. The molecule has 0 aliphatic carbocycles. The van der Waals surface area contributed by atoms with Crippen molar-refractivity contribution in [2.45, 2.75) is 30.8 Å². The van der Waals surface area contributed by atoms with Crippen molar-refractivity contribution in [1.29, 1.82) is 0 Å². The monoisotopic (exact) mass is 493 g/mol. The number of fused-ring (bicyclic) bond motifs is 4. The average molecular weight is 494 g/mol. The SMILES string of the molecule is COc1ccc2c3c([nH]c2c1)[C@@H](CO)N(Cc1ccccc1F)CC31CN(C(=O)C2CCOCC2)C1. The van der Waals surface area contributed by atoms with Gasteiger partial charge in [-0.3, -0.25) is 9.69 Å². The van der Waals surface area contributed by atoms with E-state index in [2.05, 4.69) is 16.0 Å². The summed E-state index contributed by atoms with van der Waals surface area (Å²) < 4.78 is 25.5. The summed E-state index contributed by atoms with van der Waals surface area (Å²) in [7, 11) is 1.64. The number of carbonyl (C=O) groups is 1. The van der Waals surface area contributed by atoms with E-state index in [1.54, 1.807) is 19.2 Å². The molecule has 6 rings (SSSR count). The highest BCUT2D eigenvalue weighted by Crippen LogP contribution is 2.49. The van der Waals surface area contributed by atoms with Crippen molar-refractivity contribution >= 4 is 16.8 Å². The number of aromatic amines is 1. The van der Waals surface area contributed by atoms with Gasteiger partial charge in [-0.15, -0.1) is 0 Å². The number of hydrogen-bond acceptors (Lipinski definition) is 5. The third-order valence-corrected chi connectivity index (χ3v) is 8.22. The Bertz CT molecular complexity index is 1280. The number of aliphatic hydroxyl groups is 1. The molecule has 1 spiro atoms. The van der Waals surface area contributed by atoms with E-state index in [0.717, 1.165) is 35.2 Å². The number of methoxy groups -OCH3 is 1. The fourth-order valence-corrected chi connectivity index (χ4v) is 6.43. The molecular formula is C28H32FN3O4. The molecule has 2 aromatic carbocycles. The molecule has 1 aromatic heterocycles. The molecular weight excluding hydrogens is 461 g/mol. The van der Waals surface area contributed by atoms with Gasteiger partial charge in [0.1, 0.15) is 11.6 Å². The van der Waals surface area contributed by atoms with Crippen LogP contribution in [0.1, 0.15) is 35.7 Å². The van der Waals surface area contributed by atoms with Gasteiger partial charge in [-0.25, -0.2) is 4.39 Å². The van der Waals surface area contributed by atoms with E-state index in [1.807, 2.05) is 23.1 Å². The molecule has 8 heteroatoms. The average Bonchev–Trinajstić information content (AvgIpc) is 3.27. The van der Waals surface area contributed by atoms with E-state index >= 15 is 0 Å². The molecule has 0 radical (unpaired) electrons. The molecule has 3 aliphatic rings. The molecule has 3 aliphatic heterocycles. The maximum atomic E-state index is 14.6. The third kappa shape index (κ3) is 3.79. The smallest absolute Gasteiger partial charge is 0.225 e. The minimum atomic E-state index is -0.302. The number of amides is 1. The highest BCUT2D eigenvalue weighted by Gasteiger charge is 2.54. The summed E-state index contributed by atoms with van der Waals surface area (Å²) in [5, 5.41) is 11.6. The van der Waals surface area contributed by atoms with Crippen LogP contribution >= 0.6 is 0 Å². The molecule has 36 heavy (non-hydrogen) atoms. The minimum absolute atomic E-state index is 0.0195. The van der Waals surface area contributed by atoms with Gasteiger partial charge in [0.25, 0.3) is 0 Å². The first-order valence-electron chi connectivity index (χ1n) is 12.7. The van der Waals surface area contributed by atoms with Gasteiger partial charge in [-0.1, -0.05) is 18.2 Å². The van der Waals surface area contributed by atoms with Crippen LogP contribution in [0, 0.1) is 11.7 Å². The maximum absolute atomic E-state index is 14.6. The van der Waals surface area contributed by atoms with Crippen LogP contribution in [-0.4, -0.2) is 72.4 Å². The zero-order chi connectivity index (χ0) is 24.9. The molecule has 0 saturated carbocycles. The van der Waals surface area contributed by atoms with Crippen LogP contribution in [0.25, 0.3) is 10.9 Å². The Morgan fingerprint density at radius 2 is 1.97 bits per heavy atom. The van der Waals surface area contributed by atoms with Gasteiger partial charge in [0.15, 0.2) is 0 Å². The molecule has 190 valence electrons. The van der Waals surface area contributed by atoms with Crippen molar-refractivity contribution in [3.05, 3.63) is 65.1 Å². The molecule has 2 fully saturated rings. The predicted octanol–water partition coefficient (Wildman–Crippen LogP) is 3.37. The number of halogens is 1. The zero-order valence-electron chi connectivity index (χ0n) is 20.5. The summed E-state index contributed by atoms with van der Waals surface area (Å²) in [5.74, 6) is 0.729. The number of likely N-dealkylation sites (tertiary alicyclic amines) is 1. The van der Waals surface area contributed by atoms with Crippen LogP contribution < -0.4 is 4.74 Å². The van der Waals surface area contributed by atoms with Crippen LogP contribution in [0.3, 0.4) is 0 Å². The Labute approximate surface area is 209 Å². The van der Waals surface area contributed by atoms with Crippen LogP contribution in [-0.2, 0) is 21.5 Å². The van der Waals surface area contributed by atoms with Gasteiger partial charge in [0.05, 0.1) is 19.8 Å². The second kappa shape index (κ2) is 9.18. The number of aromatic nitrogens is 1. The van der Waals surface area contributed by atoms with Gasteiger partial charge in [0, 0.05) is 79.0 Å². The highest BCUT2D eigenvalue weighted by molar-refractivity contribution is 5.89. The topological polar surface area (TPSA) is 78.0 Å². The lowest BCUT2D eigenvalue weighted by Gasteiger charge is -2.56. The lowest BCUT2D eigenvalue weighted by atomic mass is 9.68. The highest BCUT2D eigenvalue weighted by atomic mass is 19.1. The summed E-state index contributed by atoms with van der Waals surface area (Å²) >= 11 is 0. The number of benzene rings is 2. The van der Waals surface area contributed by atoms with Crippen LogP contribution in [0.2, 0.25) is 0 Å². The van der Waals surface area contributed by atoms with E-state index in [4.69, 9.17) is 9.47 Å². The Kier molecular flexibility index (Phi) is 5.98. The summed E-state index contributed by atoms with van der Waals surface area (Å²) in [6.45, 7) is 3.42. The molecule has 0 unspecified atom stereocenters. The molecule has 4 heterocycles. The number of nitrogens with one attached hydrogen (secondary N) is 1. The first-order valence-corrected chi connectivity index (χ1v) is 12.7. The second-order valence-electron chi connectivity index (χ2n) is 10.4. The molecule has 0 bridgehead atoms. The van der Waals surface area contributed by atoms with Gasteiger partial charge >= 0.3 is 0 Å². The Morgan fingerprint density at radius 3 is 2.69 bits per heavy atom. The van der Waals surface area contributed by atoms with Gasteiger partial charge in [0.2, 0.25) is 5.91 Å². The molecule has 1 atom stereocenters. The van der Waals surface area contributed by atoms with E-state index in [9.17, 15) is 14.3 Å². The number of H-pyrrole nitrogens is 1. The largest absolute Gasteiger partial charge is 0.497 e.